The molecule has 138 valence electrons. The lowest BCUT2D eigenvalue weighted by Gasteiger charge is -2.04. The van der Waals surface area contributed by atoms with Crippen LogP contribution in [0.25, 0.3) is 10.8 Å². The van der Waals surface area contributed by atoms with Crippen molar-refractivity contribution in [1.82, 2.24) is 10.2 Å². The van der Waals surface area contributed by atoms with Crippen LogP contribution in [0.1, 0.15) is 15.9 Å². The molecule has 1 amide bonds. The number of aliphatic imine (C=N–C) groups is 1. The maximum atomic E-state index is 12.0. The number of carbonyl (C=O) groups is 1. The van der Waals surface area contributed by atoms with Crippen LogP contribution < -0.4 is 11.1 Å². The van der Waals surface area contributed by atoms with Gasteiger partial charge in [0, 0.05) is 22.5 Å². The molecule has 0 bridgehead atoms. The lowest BCUT2D eigenvalue weighted by Crippen LogP contribution is -2.12. The van der Waals surface area contributed by atoms with Gasteiger partial charge in [0.15, 0.2) is 11.6 Å². The quantitative estimate of drug-likeness (QED) is 0.427. The highest BCUT2D eigenvalue weighted by atomic mass is 35.5. The van der Waals surface area contributed by atoms with E-state index in [1.54, 1.807) is 30.5 Å². The Morgan fingerprint density at radius 2 is 1.82 bits per heavy atom. The van der Waals surface area contributed by atoms with Crippen LogP contribution in [0.3, 0.4) is 0 Å². The van der Waals surface area contributed by atoms with Crippen molar-refractivity contribution in [3.63, 3.8) is 0 Å². The second-order valence-corrected chi connectivity index (χ2v) is 6.55. The average molecular weight is 390 g/mol. The van der Waals surface area contributed by atoms with Crippen LogP contribution in [-0.4, -0.2) is 22.3 Å². The molecule has 7 heteroatoms. The summed E-state index contributed by atoms with van der Waals surface area (Å²) in [6, 6.07) is 21.0. The highest BCUT2D eigenvalue weighted by Gasteiger charge is 2.18. The molecule has 4 aromatic rings. The number of hydrogen-bond acceptors (Lipinski definition) is 4. The minimum atomic E-state index is -0.629. The fraction of sp³-hybridized carbons (Fsp3) is 0. The van der Waals surface area contributed by atoms with Crippen molar-refractivity contribution in [1.29, 1.82) is 0 Å². The molecule has 0 spiro atoms. The van der Waals surface area contributed by atoms with E-state index in [1.807, 2.05) is 42.5 Å². The first kappa shape index (κ1) is 17.8. The van der Waals surface area contributed by atoms with Crippen LogP contribution in [0.2, 0.25) is 5.02 Å². The van der Waals surface area contributed by atoms with Crippen LogP contribution in [0.4, 0.5) is 17.3 Å². The van der Waals surface area contributed by atoms with Gasteiger partial charge in [-0.05, 0) is 35.0 Å². The second kappa shape index (κ2) is 7.54. The minimum absolute atomic E-state index is 0.187. The SMILES string of the molecule is NC(=O)c1c(Nc2ccc(Cl)cc2)n[nH]c1/N=C/c1cccc2ccccc12. The number of anilines is 2. The number of aromatic nitrogens is 2. The van der Waals surface area contributed by atoms with E-state index in [0.29, 0.717) is 10.8 Å². The summed E-state index contributed by atoms with van der Waals surface area (Å²) in [5.41, 5.74) is 7.40. The predicted molar refractivity (Wildman–Crippen MR) is 113 cm³/mol. The van der Waals surface area contributed by atoms with Crippen LogP contribution >= 0.6 is 11.6 Å². The average Bonchev–Trinajstić information content (AvgIpc) is 3.11. The smallest absolute Gasteiger partial charge is 0.256 e. The molecule has 0 unspecified atom stereocenters. The van der Waals surface area contributed by atoms with Gasteiger partial charge in [-0.3, -0.25) is 9.89 Å². The van der Waals surface area contributed by atoms with Gasteiger partial charge in [-0.2, -0.15) is 5.10 Å². The number of amides is 1. The molecule has 0 aliphatic rings. The normalized spacial score (nSPS) is 11.2. The van der Waals surface area contributed by atoms with E-state index in [-0.39, 0.29) is 11.4 Å². The second-order valence-electron chi connectivity index (χ2n) is 6.12. The van der Waals surface area contributed by atoms with Crippen molar-refractivity contribution < 1.29 is 4.79 Å². The van der Waals surface area contributed by atoms with Crippen molar-refractivity contribution >= 4 is 51.8 Å². The topological polar surface area (TPSA) is 96.2 Å². The summed E-state index contributed by atoms with van der Waals surface area (Å²) in [6.07, 6.45) is 1.69. The molecule has 0 aliphatic heterocycles. The Morgan fingerprint density at radius 1 is 1.07 bits per heavy atom. The number of rotatable bonds is 5. The number of nitrogens with one attached hydrogen (secondary N) is 2. The summed E-state index contributed by atoms with van der Waals surface area (Å²) < 4.78 is 0. The van der Waals surface area contributed by atoms with E-state index in [9.17, 15) is 4.79 Å². The summed E-state index contributed by atoms with van der Waals surface area (Å²) in [4.78, 5) is 16.4. The molecule has 0 saturated carbocycles. The van der Waals surface area contributed by atoms with E-state index in [4.69, 9.17) is 17.3 Å². The zero-order valence-corrected chi connectivity index (χ0v) is 15.4. The molecule has 1 aromatic heterocycles. The molecule has 28 heavy (non-hydrogen) atoms. The molecule has 4 rings (SSSR count). The third-order valence-electron chi connectivity index (χ3n) is 4.26. The van der Waals surface area contributed by atoms with Crippen LogP contribution in [0.5, 0.6) is 0 Å². The monoisotopic (exact) mass is 389 g/mol. The summed E-state index contributed by atoms with van der Waals surface area (Å²) in [7, 11) is 0. The van der Waals surface area contributed by atoms with Gasteiger partial charge in [0.2, 0.25) is 0 Å². The maximum absolute atomic E-state index is 12.0. The fourth-order valence-corrected chi connectivity index (χ4v) is 3.04. The Morgan fingerprint density at radius 3 is 2.61 bits per heavy atom. The number of nitrogens with two attached hydrogens (primary N) is 1. The molecular weight excluding hydrogens is 374 g/mol. The molecule has 0 fully saturated rings. The van der Waals surface area contributed by atoms with Gasteiger partial charge >= 0.3 is 0 Å². The molecular formula is C21H16ClN5O. The summed E-state index contributed by atoms with van der Waals surface area (Å²) in [6.45, 7) is 0. The van der Waals surface area contributed by atoms with E-state index in [0.717, 1.165) is 22.0 Å². The number of aromatic amines is 1. The molecule has 6 nitrogen and oxygen atoms in total. The first-order valence-electron chi connectivity index (χ1n) is 8.54. The third kappa shape index (κ3) is 3.58. The molecule has 0 atom stereocenters. The van der Waals surface area contributed by atoms with E-state index < -0.39 is 5.91 Å². The van der Waals surface area contributed by atoms with Crippen molar-refractivity contribution in [2.45, 2.75) is 0 Å². The number of halogens is 1. The summed E-state index contributed by atoms with van der Waals surface area (Å²) in [5, 5.41) is 12.8. The maximum Gasteiger partial charge on any atom is 0.256 e. The first-order chi connectivity index (χ1) is 13.6. The Hall–Kier alpha value is -3.64. The number of carbonyl (C=O) groups excluding carboxylic acids is 1. The van der Waals surface area contributed by atoms with Crippen molar-refractivity contribution in [2.75, 3.05) is 5.32 Å². The first-order valence-corrected chi connectivity index (χ1v) is 8.92. The number of benzene rings is 3. The van der Waals surface area contributed by atoms with Gasteiger partial charge < -0.3 is 11.1 Å². The molecule has 3 aromatic carbocycles. The van der Waals surface area contributed by atoms with Crippen molar-refractivity contribution in [3.8, 4) is 0 Å². The van der Waals surface area contributed by atoms with Crippen molar-refractivity contribution in [2.24, 2.45) is 10.7 Å². The highest BCUT2D eigenvalue weighted by molar-refractivity contribution is 6.30. The number of hydrogen-bond donors (Lipinski definition) is 3. The van der Waals surface area contributed by atoms with Crippen molar-refractivity contribution in [3.05, 3.63) is 82.9 Å². The molecule has 1 heterocycles. The van der Waals surface area contributed by atoms with Crippen LogP contribution in [-0.2, 0) is 0 Å². The Bertz CT molecular complexity index is 1180. The summed E-state index contributed by atoms with van der Waals surface area (Å²) >= 11 is 5.90. The molecule has 0 aliphatic carbocycles. The third-order valence-corrected chi connectivity index (χ3v) is 4.51. The van der Waals surface area contributed by atoms with Gasteiger partial charge in [0.25, 0.3) is 5.91 Å². The van der Waals surface area contributed by atoms with Gasteiger partial charge in [-0.15, -0.1) is 0 Å². The van der Waals surface area contributed by atoms with Gasteiger partial charge in [-0.1, -0.05) is 54.1 Å². The standard InChI is InChI=1S/C21H16ClN5O/c22-15-8-10-16(11-9-15)25-21-18(19(23)28)20(26-27-21)24-12-14-6-3-5-13-4-1-2-7-17(13)14/h1-12H,(H2,23,28)(H2,25,26,27)/b24-12+. The minimum Gasteiger partial charge on any atom is -0.365 e. The van der Waals surface area contributed by atoms with E-state index in [1.165, 1.54) is 0 Å². The molecule has 0 radical (unpaired) electrons. The largest absolute Gasteiger partial charge is 0.365 e. The van der Waals surface area contributed by atoms with Crippen LogP contribution in [0, 0.1) is 0 Å². The highest BCUT2D eigenvalue weighted by Crippen LogP contribution is 2.27. The lowest BCUT2D eigenvalue weighted by molar-refractivity contribution is 0.100. The van der Waals surface area contributed by atoms with Crippen LogP contribution in [0.15, 0.2) is 71.7 Å². The zero-order valence-electron chi connectivity index (χ0n) is 14.7. The lowest BCUT2D eigenvalue weighted by atomic mass is 10.1. The van der Waals surface area contributed by atoms with Gasteiger partial charge in [-0.25, -0.2) is 4.99 Å². The number of H-pyrrole nitrogens is 1. The fourth-order valence-electron chi connectivity index (χ4n) is 2.92. The number of fused-ring (bicyclic) bond motifs is 1. The Balaban J connectivity index is 1.68. The van der Waals surface area contributed by atoms with E-state index in [2.05, 4.69) is 20.5 Å². The van der Waals surface area contributed by atoms with Gasteiger partial charge in [0.1, 0.15) is 5.56 Å². The Kier molecular flexibility index (Phi) is 4.78. The zero-order chi connectivity index (χ0) is 19.5. The predicted octanol–water partition coefficient (Wildman–Crippen LogP) is 4.81. The number of nitrogens with zero attached hydrogens (tertiary/aromatic N) is 2. The molecule has 0 saturated heterocycles. The summed E-state index contributed by atoms with van der Waals surface area (Å²) in [5.74, 6) is -0.0351. The number of primary amides is 1. The Labute approximate surface area is 166 Å². The van der Waals surface area contributed by atoms with E-state index >= 15 is 0 Å². The molecule has 4 N–H and O–H groups in total. The van der Waals surface area contributed by atoms with Gasteiger partial charge in [0.05, 0.1) is 0 Å².